The molecule has 0 aliphatic carbocycles. The first-order valence-electron chi connectivity index (χ1n) is 6.24. The first kappa shape index (κ1) is 14.2. The Labute approximate surface area is 121 Å². The van der Waals surface area contributed by atoms with Gasteiger partial charge in [0.05, 0.1) is 6.61 Å². The van der Waals surface area contributed by atoms with Crippen LogP contribution in [0.2, 0.25) is 0 Å². The summed E-state index contributed by atoms with van der Waals surface area (Å²) in [4.78, 5) is 25.2. The first-order valence-corrected chi connectivity index (χ1v) is 7.12. The summed E-state index contributed by atoms with van der Waals surface area (Å²) in [5.41, 5.74) is 0.531. The highest BCUT2D eigenvalue weighted by atomic mass is 32.1. The normalized spacial score (nSPS) is 11.2. The van der Waals surface area contributed by atoms with Crippen LogP contribution in [-0.4, -0.2) is 18.4 Å². The molecular weight excluding hydrogens is 272 g/mol. The zero-order chi connectivity index (χ0) is 14.4. The number of rotatable bonds is 5. The molecule has 102 valence electrons. The Morgan fingerprint density at radius 2 is 1.90 bits per heavy atom. The molecule has 0 bridgehead atoms. The molecule has 3 nitrogen and oxygen atoms in total. The summed E-state index contributed by atoms with van der Waals surface area (Å²) in [6, 6.07) is 12.4. The molecule has 20 heavy (non-hydrogen) atoms. The first-order chi connectivity index (χ1) is 9.72. The lowest BCUT2D eigenvalue weighted by atomic mass is 10.0. The summed E-state index contributed by atoms with van der Waals surface area (Å²) in [5, 5.41) is 1.89. The Balaban J connectivity index is 2.37. The molecule has 0 radical (unpaired) electrons. The molecule has 0 unspecified atom stereocenters. The molecule has 0 saturated carbocycles. The number of esters is 1. The minimum atomic E-state index is -0.588. The van der Waals surface area contributed by atoms with Crippen molar-refractivity contribution in [3.63, 3.8) is 0 Å². The average Bonchev–Trinajstić information content (AvgIpc) is 2.98. The van der Waals surface area contributed by atoms with E-state index in [0.29, 0.717) is 5.56 Å². The molecule has 0 aliphatic rings. The summed E-state index contributed by atoms with van der Waals surface area (Å²) in [7, 11) is 0. The largest absolute Gasteiger partial charge is 0.462 e. The predicted molar refractivity (Wildman–Crippen MR) is 79.7 cm³/mol. The van der Waals surface area contributed by atoms with Crippen molar-refractivity contribution >= 4 is 29.2 Å². The number of Topliss-reactive ketones (excluding diaryl/α,β-unsaturated/α-hetero) is 1. The summed E-state index contributed by atoms with van der Waals surface area (Å²) in [6.07, 6.45) is 1.58. The second-order valence-electron chi connectivity index (χ2n) is 3.99. The van der Waals surface area contributed by atoms with Crippen LogP contribution in [0, 0.1) is 0 Å². The van der Waals surface area contributed by atoms with Gasteiger partial charge < -0.3 is 4.74 Å². The molecule has 0 N–H and O–H groups in total. The summed E-state index contributed by atoms with van der Waals surface area (Å²) in [5.74, 6) is -0.910. The third-order valence-corrected chi connectivity index (χ3v) is 3.43. The minimum absolute atomic E-state index is 0.0560. The molecule has 0 fully saturated rings. The van der Waals surface area contributed by atoms with Gasteiger partial charge in [0.2, 0.25) is 0 Å². The van der Waals surface area contributed by atoms with Crippen LogP contribution in [0.3, 0.4) is 0 Å². The van der Waals surface area contributed by atoms with Crippen LogP contribution in [-0.2, 0) is 9.53 Å². The SMILES string of the molecule is CCOC(=O)C(=Cc1cccs1)C(=O)c1ccccc1. The zero-order valence-electron chi connectivity index (χ0n) is 11.0. The van der Waals surface area contributed by atoms with Crippen LogP contribution in [0.25, 0.3) is 6.08 Å². The van der Waals surface area contributed by atoms with E-state index in [2.05, 4.69) is 0 Å². The predicted octanol–water partition coefficient (Wildman–Crippen LogP) is 3.58. The van der Waals surface area contributed by atoms with E-state index in [4.69, 9.17) is 4.74 Å². The highest BCUT2D eigenvalue weighted by molar-refractivity contribution is 7.10. The quantitative estimate of drug-likeness (QED) is 0.277. The van der Waals surface area contributed by atoms with Gasteiger partial charge in [-0.15, -0.1) is 11.3 Å². The van der Waals surface area contributed by atoms with Gasteiger partial charge in [0.25, 0.3) is 0 Å². The topological polar surface area (TPSA) is 43.4 Å². The number of ether oxygens (including phenoxy) is 1. The maximum absolute atomic E-state index is 12.4. The Morgan fingerprint density at radius 1 is 1.15 bits per heavy atom. The van der Waals surface area contributed by atoms with Crippen LogP contribution in [0.1, 0.15) is 22.2 Å². The molecule has 1 heterocycles. The van der Waals surface area contributed by atoms with Crippen molar-refractivity contribution in [1.82, 2.24) is 0 Å². The highest BCUT2D eigenvalue weighted by Gasteiger charge is 2.21. The Kier molecular flexibility index (Phi) is 4.85. The van der Waals surface area contributed by atoms with Crippen LogP contribution >= 0.6 is 11.3 Å². The molecule has 0 saturated heterocycles. The lowest BCUT2D eigenvalue weighted by Gasteiger charge is -2.06. The Hall–Kier alpha value is -2.20. The van der Waals surface area contributed by atoms with Gasteiger partial charge in [0, 0.05) is 10.4 Å². The summed E-state index contributed by atoms with van der Waals surface area (Å²) in [6.45, 7) is 1.95. The molecule has 4 heteroatoms. The van der Waals surface area contributed by atoms with Crippen molar-refractivity contribution in [3.05, 3.63) is 63.9 Å². The third-order valence-electron chi connectivity index (χ3n) is 2.61. The van der Waals surface area contributed by atoms with Crippen molar-refractivity contribution in [1.29, 1.82) is 0 Å². The number of thiophene rings is 1. The van der Waals surface area contributed by atoms with E-state index in [9.17, 15) is 9.59 Å². The number of hydrogen-bond acceptors (Lipinski definition) is 4. The zero-order valence-corrected chi connectivity index (χ0v) is 11.9. The molecule has 2 rings (SSSR count). The van der Waals surface area contributed by atoms with Gasteiger partial charge in [-0.3, -0.25) is 4.79 Å². The van der Waals surface area contributed by atoms with E-state index in [0.717, 1.165) is 4.88 Å². The Morgan fingerprint density at radius 3 is 2.50 bits per heavy atom. The average molecular weight is 286 g/mol. The number of ketones is 1. The standard InChI is InChI=1S/C16H14O3S/c1-2-19-16(18)14(11-13-9-6-10-20-13)15(17)12-7-4-3-5-8-12/h3-11H,2H2,1H3. The molecular formula is C16H14O3S. The summed E-state index contributed by atoms with van der Waals surface area (Å²) < 4.78 is 4.97. The van der Waals surface area contributed by atoms with E-state index in [1.165, 1.54) is 11.3 Å². The molecule has 1 aromatic carbocycles. The fourth-order valence-corrected chi connectivity index (χ4v) is 2.34. The number of carbonyl (C=O) groups excluding carboxylic acids is 2. The van der Waals surface area contributed by atoms with E-state index >= 15 is 0 Å². The smallest absolute Gasteiger partial charge is 0.342 e. The van der Waals surface area contributed by atoms with Crippen molar-refractivity contribution in [3.8, 4) is 0 Å². The molecule has 1 aromatic heterocycles. The van der Waals surface area contributed by atoms with Gasteiger partial charge in [-0.25, -0.2) is 4.79 Å². The van der Waals surface area contributed by atoms with Gasteiger partial charge in [0.15, 0.2) is 5.78 Å². The van der Waals surface area contributed by atoms with Crippen LogP contribution in [0.15, 0.2) is 53.4 Å². The van der Waals surface area contributed by atoms with Gasteiger partial charge in [-0.1, -0.05) is 36.4 Å². The van der Waals surface area contributed by atoms with Crippen molar-refractivity contribution < 1.29 is 14.3 Å². The molecule has 0 atom stereocenters. The second-order valence-corrected chi connectivity index (χ2v) is 4.97. The maximum atomic E-state index is 12.4. The number of benzene rings is 1. The van der Waals surface area contributed by atoms with Crippen LogP contribution in [0.5, 0.6) is 0 Å². The van der Waals surface area contributed by atoms with E-state index in [-0.39, 0.29) is 18.0 Å². The lowest BCUT2D eigenvalue weighted by molar-refractivity contribution is -0.137. The summed E-state index contributed by atoms with van der Waals surface area (Å²) >= 11 is 1.46. The van der Waals surface area contributed by atoms with Gasteiger partial charge in [0.1, 0.15) is 5.57 Å². The number of carbonyl (C=O) groups is 2. The van der Waals surface area contributed by atoms with Gasteiger partial charge >= 0.3 is 5.97 Å². The van der Waals surface area contributed by atoms with E-state index < -0.39 is 5.97 Å². The lowest BCUT2D eigenvalue weighted by Crippen LogP contribution is -2.16. The molecule has 0 amide bonds. The Bertz CT molecular complexity index is 612. The molecule has 2 aromatic rings. The van der Waals surface area contributed by atoms with Crippen molar-refractivity contribution in [2.24, 2.45) is 0 Å². The van der Waals surface area contributed by atoms with Gasteiger partial charge in [-0.2, -0.15) is 0 Å². The van der Waals surface area contributed by atoms with Gasteiger partial charge in [-0.05, 0) is 24.4 Å². The minimum Gasteiger partial charge on any atom is -0.462 e. The van der Waals surface area contributed by atoms with Crippen molar-refractivity contribution in [2.75, 3.05) is 6.61 Å². The maximum Gasteiger partial charge on any atom is 0.342 e. The van der Waals surface area contributed by atoms with E-state index in [1.807, 2.05) is 23.6 Å². The van der Waals surface area contributed by atoms with E-state index in [1.54, 1.807) is 37.3 Å². The fraction of sp³-hybridized carbons (Fsp3) is 0.125. The third kappa shape index (κ3) is 3.42. The molecule has 0 spiro atoms. The van der Waals surface area contributed by atoms with Crippen molar-refractivity contribution in [2.45, 2.75) is 6.92 Å². The number of hydrogen-bond donors (Lipinski definition) is 0. The highest BCUT2D eigenvalue weighted by Crippen LogP contribution is 2.17. The molecule has 0 aliphatic heterocycles. The fourth-order valence-electron chi connectivity index (χ4n) is 1.69. The second kappa shape index (κ2) is 6.82. The van der Waals surface area contributed by atoms with Crippen LogP contribution < -0.4 is 0 Å². The monoisotopic (exact) mass is 286 g/mol. The van der Waals surface area contributed by atoms with Crippen LogP contribution in [0.4, 0.5) is 0 Å².